The van der Waals surface area contributed by atoms with Crippen molar-refractivity contribution in [3.05, 3.63) is 34.9 Å². The normalized spacial score (nSPS) is 12.2. The van der Waals surface area contributed by atoms with Crippen LogP contribution in [0.15, 0.2) is 24.3 Å². The maximum absolute atomic E-state index is 13.1. The van der Waals surface area contributed by atoms with E-state index in [9.17, 15) is 9.18 Å². The van der Waals surface area contributed by atoms with Crippen molar-refractivity contribution < 1.29 is 13.9 Å². The van der Waals surface area contributed by atoms with E-state index >= 15 is 0 Å². The highest BCUT2D eigenvalue weighted by molar-refractivity contribution is 6.30. The fraction of sp³-hybridized carbons (Fsp3) is 0.300. The number of alkyl halides is 1. The fourth-order valence-electron chi connectivity index (χ4n) is 1.08. The third-order valence-corrected chi connectivity index (χ3v) is 2.00. The first-order valence-corrected chi connectivity index (χ1v) is 4.47. The number of halogens is 2. The minimum atomic E-state index is -1.63. The molecule has 0 aliphatic heterocycles. The van der Waals surface area contributed by atoms with E-state index in [-0.39, 0.29) is 6.42 Å². The molecule has 1 aromatic carbocycles. The van der Waals surface area contributed by atoms with Crippen LogP contribution in [0.5, 0.6) is 0 Å². The molecule has 2 nitrogen and oxygen atoms in total. The van der Waals surface area contributed by atoms with Crippen molar-refractivity contribution in [1.82, 2.24) is 0 Å². The Balaban J connectivity index is 2.64. The zero-order valence-electron chi connectivity index (χ0n) is 7.67. The molecular weight excluding hydrogens is 207 g/mol. The number of hydrogen-bond acceptors (Lipinski definition) is 2. The van der Waals surface area contributed by atoms with Gasteiger partial charge in [0.15, 0.2) is 0 Å². The molecule has 0 heterocycles. The van der Waals surface area contributed by atoms with Crippen LogP contribution in [0, 0.1) is 0 Å². The quantitative estimate of drug-likeness (QED) is 0.726. The molecule has 0 aliphatic carbocycles. The number of esters is 1. The van der Waals surface area contributed by atoms with E-state index in [1.54, 1.807) is 24.3 Å². The molecule has 0 amide bonds. The Hall–Kier alpha value is -1.09. The van der Waals surface area contributed by atoms with Crippen molar-refractivity contribution in [1.29, 1.82) is 0 Å². The van der Waals surface area contributed by atoms with Gasteiger partial charge in [-0.05, 0) is 17.7 Å². The highest BCUT2D eigenvalue weighted by Gasteiger charge is 2.17. The summed E-state index contributed by atoms with van der Waals surface area (Å²) in [7, 11) is 1.16. The minimum absolute atomic E-state index is 0.00671. The molecule has 0 fully saturated rings. The van der Waals surface area contributed by atoms with Crippen LogP contribution in [-0.4, -0.2) is 19.3 Å². The first kappa shape index (κ1) is 11.0. The van der Waals surface area contributed by atoms with Crippen molar-refractivity contribution in [3.63, 3.8) is 0 Å². The van der Waals surface area contributed by atoms with Gasteiger partial charge in [-0.1, -0.05) is 23.7 Å². The predicted molar refractivity (Wildman–Crippen MR) is 52.1 cm³/mol. The molecule has 0 bridgehead atoms. The lowest BCUT2D eigenvalue weighted by Crippen LogP contribution is -2.19. The number of carbonyl (C=O) groups is 1. The number of rotatable bonds is 3. The van der Waals surface area contributed by atoms with Gasteiger partial charge in [0.2, 0.25) is 6.17 Å². The average Bonchev–Trinajstić information content (AvgIpc) is 2.16. The summed E-state index contributed by atoms with van der Waals surface area (Å²) in [6.07, 6.45) is -1.63. The lowest BCUT2D eigenvalue weighted by Gasteiger charge is -2.05. The fourth-order valence-corrected chi connectivity index (χ4v) is 1.29. The summed E-state index contributed by atoms with van der Waals surface area (Å²) >= 11 is 5.70. The van der Waals surface area contributed by atoms with Gasteiger partial charge in [0.1, 0.15) is 0 Å². The van der Waals surface area contributed by atoms with Gasteiger partial charge in [-0.2, -0.15) is 0 Å². The molecule has 1 unspecified atom stereocenters. The van der Waals surface area contributed by atoms with Crippen LogP contribution in [0.4, 0.5) is 4.39 Å². The average molecular weight is 217 g/mol. The van der Waals surface area contributed by atoms with Gasteiger partial charge in [0.25, 0.3) is 0 Å². The lowest BCUT2D eigenvalue weighted by atomic mass is 10.1. The molecule has 76 valence electrons. The van der Waals surface area contributed by atoms with E-state index in [0.29, 0.717) is 10.6 Å². The van der Waals surface area contributed by atoms with Crippen LogP contribution in [0.2, 0.25) is 5.02 Å². The molecule has 4 heteroatoms. The number of hydrogen-bond donors (Lipinski definition) is 0. The third-order valence-electron chi connectivity index (χ3n) is 1.76. The zero-order chi connectivity index (χ0) is 10.6. The van der Waals surface area contributed by atoms with Gasteiger partial charge in [-0.3, -0.25) is 0 Å². The Bertz CT molecular complexity index is 328. The number of ether oxygens (including phenoxy) is 1. The van der Waals surface area contributed by atoms with Crippen molar-refractivity contribution in [2.45, 2.75) is 12.6 Å². The second-order valence-corrected chi connectivity index (χ2v) is 3.26. The molecule has 0 N–H and O–H groups in total. The molecule has 1 rings (SSSR count). The summed E-state index contributed by atoms with van der Waals surface area (Å²) < 4.78 is 17.4. The third kappa shape index (κ3) is 3.00. The van der Waals surface area contributed by atoms with Crippen molar-refractivity contribution in [3.8, 4) is 0 Å². The Morgan fingerprint density at radius 3 is 2.93 bits per heavy atom. The lowest BCUT2D eigenvalue weighted by molar-refractivity contribution is -0.146. The monoisotopic (exact) mass is 216 g/mol. The van der Waals surface area contributed by atoms with Gasteiger partial charge in [-0.25, -0.2) is 9.18 Å². The summed E-state index contributed by atoms with van der Waals surface area (Å²) in [6.45, 7) is 0. The van der Waals surface area contributed by atoms with E-state index in [1.807, 2.05) is 0 Å². The predicted octanol–water partition coefficient (Wildman–Crippen LogP) is 2.39. The first-order valence-electron chi connectivity index (χ1n) is 4.10. The SMILES string of the molecule is COC(=O)C(F)Cc1cccc(Cl)c1. The Morgan fingerprint density at radius 1 is 1.64 bits per heavy atom. The van der Waals surface area contributed by atoms with E-state index in [1.165, 1.54) is 0 Å². The van der Waals surface area contributed by atoms with Gasteiger partial charge in [0.05, 0.1) is 7.11 Å². The molecule has 0 aliphatic rings. The van der Waals surface area contributed by atoms with Crippen LogP contribution in [0.1, 0.15) is 5.56 Å². The largest absolute Gasteiger partial charge is 0.467 e. The van der Waals surface area contributed by atoms with Crippen molar-refractivity contribution in [2.24, 2.45) is 0 Å². The second kappa shape index (κ2) is 4.96. The Kier molecular flexibility index (Phi) is 3.89. The smallest absolute Gasteiger partial charge is 0.340 e. The molecule has 0 spiro atoms. The molecular formula is C10H10ClFO2. The number of benzene rings is 1. The van der Waals surface area contributed by atoms with Crippen molar-refractivity contribution >= 4 is 17.6 Å². The topological polar surface area (TPSA) is 26.3 Å². The van der Waals surface area contributed by atoms with E-state index in [0.717, 1.165) is 7.11 Å². The van der Waals surface area contributed by atoms with Gasteiger partial charge >= 0.3 is 5.97 Å². The van der Waals surface area contributed by atoms with Crippen LogP contribution < -0.4 is 0 Å². The highest BCUT2D eigenvalue weighted by atomic mass is 35.5. The molecule has 14 heavy (non-hydrogen) atoms. The highest BCUT2D eigenvalue weighted by Crippen LogP contribution is 2.13. The molecule has 1 atom stereocenters. The maximum atomic E-state index is 13.1. The summed E-state index contributed by atoms with van der Waals surface area (Å²) in [5.41, 5.74) is 0.676. The summed E-state index contributed by atoms with van der Waals surface area (Å²) in [5.74, 6) is -0.857. The number of carbonyl (C=O) groups excluding carboxylic acids is 1. The Labute approximate surface area is 86.6 Å². The van der Waals surface area contributed by atoms with Gasteiger partial charge in [-0.15, -0.1) is 0 Å². The standard InChI is InChI=1S/C10H10ClFO2/c1-14-10(13)9(12)6-7-3-2-4-8(11)5-7/h2-5,9H,6H2,1H3. The number of methoxy groups -OCH3 is 1. The van der Waals surface area contributed by atoms with Crippen LogP contribution in [0.3, 0.4) is 0 Å². The van der Waals surface area contributed by atoms with E-state index in [2.05, 4.69) is 4.74 Å². The van der Waals surface area contributed by atoms with Crippen molar-refractivity contribution in [2.75, 3.05) is 7.11 Å². The van der Waals surface area contributed by atoms with Crippen LogP contribution in [-0.2, 0) is 16.0 Å². The first-order chi connectivity index (χ1) is 6.63. The summed E-state index contributed by atoms with van der Waals surface area (Å²) in [4.78, 5) is 10.8. The molecule has 0 radical (unpaired) electrons. The summed E-state index contributed by atoms with van der Waals surface area (Å²) in [6, 6.07) is 6.73. The van der Waals surface area contributed by atoms with Gasteiger partial charge in [0, 0.05) is 11.4 Å². The second-order valence-electron chi connectivity index (χ2n) is 2.82. The minimum Gasteiger partial charge on any atom is -0.467 e. The van der Waals surface area contributed by atoms with Crippen LogP contribution in [0.25, 0.3) is 0 Å². The zero-order valence-corrected chi connectivity index (χ0v) is 8.42. The molecule has 0 saturated heterocycles. The summed E-state index contributed by atoms with van der Waals surface area (Å²) in [5, 5.41) is 0.527. The Morgan fingerprint density at radius 2 is 2.36 bits per heavy atom. The molecule has 0 aromatic heterocycles. The van der Waals surface area contributed by atoms with E-state index in [4.69, 9.17) is 11.6 Å². The molecule has 0 saturated carbocycles. The maximum Gasteiger partial charge on any atom is 0.340 e. The molecule has 1 aromatic rings. The van der Waals surface area contributed by atoms with Crippen LogP contribution >= 0.6 is 11.6 Å². The van der Waals surface area contributed by atoms with E-state index < -0.39 is 12.1 Å². The van der Waals surface area contributed by atoms with Gasteiger partial charge < -0.3 is 4.74 Å².